The van der Waals surface area contributed by atoms with Gasteiger partial charge in [-0.05, 0) is 53.9 Å². The molecule has 1 amide bonds. The molecule has 0 saturated heterocycles. The number of carbonyl (C=O) groups is 1. The van der Waals surface area contributed by atoms with Gasteiger partial charge < -0.3 is 9.80 Å². The molecule has 0 aromatic heterocycles. The third kappa shape index (κ3) is 5.59. The first-order chi connectivity index (χ1) is 15.7. The summed E-state index contributed by atoms with van der Waals surface area (Å²) >= 11 is 5.43. The Bertz CT molecular complexity index is 1190. The number of hydrazone groups is 1. The molecule has 0 aliphatic rings. The molecule has 1 N–H and O–H groups in total. The second kappa shape index (κ2) is 10.3. The van der Waals surface area contributed by atoms with Crippen LogP contribution in [0.3, 0.4) is 0 Å². The minimum absolute atomic E-state index is 0.489. The SMILES string of the molecule is Cc1ccc(C(=S)N/N=C/N(C)C)cc1-c1ccc(N(C)C(=O)c2c(F)cccc2F)cc1. The largest absolute Gasteiger partial charge is 0.367 e. The summed E-state index contributed by atoms with van der Waals surface area (Å²) in [5, 5.41) is 4.08. The number of nitrogens with one attached hydrogen (secondary N) is 1. The number of halogens is 2. The second-order valence-corrected chi connectivity index (χ2v) is 8.09. The smallest absolute Gasteiger partial charge is 0.263 e. The van der Waals surface area contributed by atoms with Crippen molar-refractivity contribution in [3.8, 4) is 11.1 Å². The first-order valence-corrected chi connectivity index (χ1v) is 10.5. The van der Waals surface area contributed by atoms with Crippen LogP contribution >= 0.6 is 12.2 Å². The van der Waals surface area contributed by atoms with Crippen molar-refractivity contribution in [2.75, 3.05) is 26.0 Å². The monoisotopic (exact) mass is 466 g/mol. The lowest BCUT2D eigenvalue weighted by molar-refractivity contribution is 0.0985. The van der Waals surface area contributed by atoms with Crippen molar-refractivity contribution < 1.29 is 13.6 Å². The van der Waals surface area contributed by atoms with Gasteiger partial charge in [0.1, 0.15) is 28.5 Å². The van der Waals surface area contributed by atoms with Gasteiger partial charge in [0.25, 0.3) is 5.91 Å². The zero-order valence-corrected chi connectivity index (χ0v) is 19.6. The van der Waals surface area contributed by atoms with Crippen LogP contribution in [0.25, 0.3) is 11.1 Å². The zero-order valence-electron chi connectivity index (χ0n) is 18.8. The van der Waals surface area contributed by atoms with Crippen LogP contribution in [0.4, 0.5) is 14.5 Å². The van der Waals surface area contributed by atoms with E-state index < -0.39 is 23.1 Å². The number of rotatable bonds is 6. The molecular weight excluding hydrogens is 442 g/mol. The molecule has 0 aliphatic carbocycles. The lowest BCUT2D eigenvalue weighted by atomic mass is 9.97. The Labute approximate surface area is 197 Å². The van der Waals surface area contributed by atoms with Crippen molar-refractivity contribution in [2.24, 2.45) is 5.10 Å². The molecule has 5 nitrogen and oxygen atoms in total. The second-order valence-electron chi connectivity index (χ2n) is 7.69. The van der Waals surface area contributed by atoms with Gasteiger partial charge in [-0.2, -0.15) is 5.10 Å². The molecule has 3 rings (SSSR count). The van der Waals surface area contributed by atoms with E-state index in [-0.39, 0.29) is 0 Å². The summed E-state index contributed by atoms with van der Waals surface area (Å²) in [5.41, 5.74) is 6.51. The van der Waals surface area contributed by atoms with Crippen LogP contribution in [0.2, 0.25) is 0 Å². The molecule has 3 aromatic rings. The topological polar surface area (TPSA) is 47.9 Å². The molecule has 0 spiro atoms. The van der Waals surface area contributed by atoms with E-state index in [0.717, 1.165) is 34.4 Å². The van der Waals surface area contributed by atoms with Crippen LogP contribution in [-0.4, -0.2) is 43.3 Å². The molecule has 0 bridgehead atoms. The molecule has 170 valence electrons. The Hall–Kier alpha value is -3.65. The van der Waals surface area contributed by atoms with Gasteiger partial charge in [0.15, 0.2) is 0 Å². The highest BCUT2D eigenvalue weighted by atomic mass is 32.1. The highest BCUT2D eigenvalue weighted by molar-refractivity contribution is 7.80. The summed E-state index contributed by atoms with van der Waals surface area (Å²) in [7, 11) is 5.20. The van der Waals surface area contributed by atoms with Gasteiger partial charge in [0.05, 0.1) is 0 Å². The lowest BCUT2D eigenvalue weighted by Crippen LogP contribution is -2.28. The Morgan fingerprint density at radius 1 is 1.00 bits per heavy atom. The predicted molar refractivity (Wildman–Crippen MR) is 133 cm³/mol. The van der Waals surface area contributed by atoms with Crippen molar-refractivity contribution in [3.63, 3.8) is 0 Å². The van der Waals surface area contributed by atoms with Crippen LogP contribution in [0.1, 0.15) is 21.5 Å². The number of hydrogen-bond acceptors (Lipinski definition) is 3. The van der Waals surface area contributed by atoms with E-state index in [0.29, 0.717) is 10.7 Å². The van der Waals surface area contributed by atoms with E-state index in [1.54, 1.807) is 23.4 Å². The highest BCUT2D eigenvalue weighted by Gasteiger charge is 2.21. The Morgan fingerprint density at radius 3 is 2.24 bits per heavy atom. The molecule has 0 saturated carbocycles. The van der Waals surface area contributed by atoms with Crippen LogP contribution < -0.4 is 10.3 Å². The minimum atomic E-state index is -0.893. The van der Waals surface area contributed by atoms with E-state index in [9.17, 15) is 13.6 Å². The molecule has 0 aliphatic heterocycles. The summed E-state index contributed by atoms with van der Waals surface area (Å²) in [6.45, 7) is 1.99. The summed E-state index contributed by atoms with van der Waals surface area (Å²) in [6, 6.07) is 16.4. The lowest BCUT2D eigenvalue weighted by Gasteiger charge is -2.19. The van der Waals surface area contributed by atoms with Crippen LogP contribution in [0.15, 0.2) is 65.8 Å². The third-order valence-corrected chi connectivity index (χ3v) is 5.33. The van der Waals surface area contributed by atoms with Gasteiger partial charge in [0.2, 0.25) is 0 Å². The molecule has 3 aromatic carbocycles. The van der Waals surface area contributed by atoms with E-state index in [1.165, 1.54) is 18.0 Å². The first kappa shape index (κ1) is 24.0. The molecule has 0 unspecified atom stereocenters. The Morgan fingerprint density at radius 2 is 1.64 bits per heavy atom. The van der Waals surface area contributed by atoms with Crippen molar-refractivity contribution in [2.45, 2.75) is 6.92 Å². The fraction of sp³-hybridized carbons (Fsp3) is 0.160. The van der Waals surface area contributed by atoms with Crippen molar-refractivity contribution in [1.82, 2.24) is 10.3 Å². The maximum atomic E-state index is 14.0. The fourth-order valence-corrected chi connectivity index (χ4v) is 3.37. The molecular formula is C25H24F2N4OS. The van der Waals surface area contributed by atoms with E-state index in [1.807, 2.05) is 51.4 Å². The fourth-order valence-electron chi connectivity index (χ4n) is 3.19. The van der Waals surface area contributed by atoms with Crippen molar-refractivity contribution in [3.05, 3.63) is 89.0 Å². The normalized spacial score (nSPS) is 10.8. The van der Waals surface area contributed by atoms with Gasteiger partial charge in [-0.3, -0.25) is 10.2 Å². The number of amides is 1. The van der Waals surface area contributed by atoms with Crippen molar-refractivity contribution in [1.29, 1.82) is 0 Å². The molecule has 8 heteroatoms. The highest BCUT2D eigenvalue weighted by Crippen LogP contribution is 2.28. The van der Waals surface area contributed by atoms with E-state index >= 15 is 0 Å². The molecule has 33 heavy (non-hydrogen) atoms. The summed E-state index contributed by atoms with van der Waals surface area (Å²) < 4.78 is 28.0. The van der Waals surface area contributed by atoms with Crippen LogP contribution in [0, 0.1) is 18.6 Å². The average molecular weight is 467 g/mol. The number of aryl methyl sites for hydroxylation is 1. The minimum Gasteiger partial charge on any atom is -0.367 e. The number of benzene rings is 3. The predicted octanol–water partition coefficient (Wildman–Crippen LogP) is 4.99. The van der Waals surface area contributed by atoms with E-state index in [4.69, 9.17) is 12.2 Å². The quantitative estimate of drug-likeness (QED) is 0.241. The average Bonchev–Trinajstić information content (AvgIpc) is 2.78. The van der Waals surface area contributed by atoms with Gasteiger partial charge in [-0.1, -0.05) is 42.5 Å². The van der Waals surface area contributed by atoms with Crippen LogP contribution in [-0.2, 0) is 0 Å². The molecule has 0 atom stereocenters. The number of carbonyl (C=O) groups excluding carboxylic acids is 1. The third-order valence-electron chi connectivity index (χ3n) is 5.00. The summed E-state index contributed by atoms with van der Waals surface area (Å²) in [4.78, 5) is 16.2. The number of thiocarbonyl (C=S) groups is 1. The van der Waals surface area contributed by atoms with Crippen molar-refractivity contribution >= 4 is 35.1 Å². The number of hydrogen-bond donors (Lipinski definition) is 1. The Balaban J connectivity index is 1.84. The maximum absolute atomic E-state index is 14.0. The van der Waals surface area contributed by atoms with Gasteiger partial charge in [-0.15, -0.1) is 0 Å². The van der Waals surface area contributed by atoms with Crippen LogP contribution in [0.5, 0.6) is 0 Å². The van der Waals surface area contributed by atoms with Gasteiger partial charge in [0, 0.05) is 32.4 Å². The van der Waals surface area contributed by atoms with Gasteiger partial charge in [-0.25, -0.2) is 8.78 Å². The summed E-state index contributed by atoms with van der Waals surface area (Å²) in [6.07, 6.45) is 1.62. The zero-order chi connectivity index (χ0) is 24.1. The summed E-state index contributed by atoms with van der Waals surface area (Å²) in [5.74, 6) is -2.54. The molecule has 0 fully saturated rings. The number of nitrogens with zero attached hydrogens (tertiary/aromatic N) is 3. The Kier molecular flexibility index (Phi) is 7.50. The van der Waals surface area contributed by atoms with Gasteiger partial charge >= 0.3 is 0 Å². The molecule has 0 heterocycles. The number of anilines is 1. The standard InChI is InChI=1S/C25H24F2N4OS/c1-16-8-9-18(24(33)29-28-15-30(2)3)14-20(16)17-10-12-19(13-11-17)31(4)25(32)23-21(26)6-5-7-22(23)27/h5-15H,1-4H3,(H,29,33)/b28-15+. The van der Waals surface area contributed by atoms with E-state index in [2.05, 4.69) is 10.5 Å². The molecule has 0 radical (unpaired) electrons. The first-order valence-electron chi connectivity index (χ1n) is 10.1. The maximum Gasteiger partial charge on any atom is 0.263 e.